The predicted octanol–water partition coefficient (Wildman–Crippen LogP) is 1.17. The molecule has 0 spiro atoms. The average Bonchev–Trinajstić information content (AvgIpc) is 2.35. The Morgan fingerprint density at radius 1 is 1.41 bits per heavy atom. The summed E-state index contributed by atoms with van der Waals surface area (Å²) in [6.45, 7) is 3.18. The number of hydrogen-bond donors (Lipinski definition) is 2. The molecule has 0 bridgehead atoms. The van der Waals surface area contributed by atoms with Crippen molar-refractivity contribution in [1.29, 1.82) is 0 Å². The summed E-state index contributed by atoms with van der Waals surface area (Å²) in [5.74, 6) is -1.18. The highest BCUT2D eigenvalue weighted by molar-refractivity contribution is 5.84. The number of carboxylic acid groups (broad SMARTS) is 1. The maximum absolute atomic E-state index is 11.8. The molecule has 1 aliphatic heterocycles. The van der Waals surface area contributed by atoms with Crippen molar-refractivity contribution < 1.29 is 19.4 Å². The molecule has 17 heavy (non-hydrogen) atoms. The fourth-order valence-corrected chi connectivity index (χ4v) is 1.91. The third-order valence-corrected chi connectivity index (χ3v) is 3.05. The molecule has 1 amide bonds. The molecule has 5 nitrogen and oxygen atoms in total. The van der Waals surface area contributed by atoms with Gasteiger partial charge >= 0.3 is 5.97 Å². The molecule has 1 heterocycles. The van der Waals surface area contributed by atoms with Gasteiger partial charge in [-0.1, -0.05) is 19.8 Å². The van der Waals surface area contributed by atoms with Gasteiger partial charge in [0.1, 0.15) is 6.04 Å². The van der Waals surface area contributed by atoms with Crippen LogP contribution in [0, 0.1) is 5.92 Å². The van der Waals surface area contributed by atoms with Crippen LogP contribution in [0.2, 0.25) is 0 Å². The van der Waals surface area contributed by atoms with Crippen LogP contribution in [-0.4, -0.2) is 36.2 Å². The molecule has 1 saturated heterocycles. The van der Waals surface area contributed by atoms with E-state index in [1.54, 1.807) is 0 Å². The lowest BCUT2D eigenvalue weighted by Crippen LogP contribution is -2.44. The molecule has 0 radical (unpaired) electrons. The van der Waals surface area contributed by atoms with E-state index in [4.69, 9.17) is 9.84 Å². The second-order valence-electron chi connectivity index (χ2n) is 4.43. The minimum absolute atomic E-state index is 0.0905. The Labute approximate surface area is 102 Å². The van der Waals surface area contributed by atoms with Crippen molar-refractivity contribution in [2.24, 2.45) is 5.92 Å². The summed E-state index contributed by atoms with van der Waals surface area (Å²) in [5.41, 5.74) is 0. The minimum Gasteiger partial charge on any atom is -0.480 e. The largest absolute Gasteiger partial charge is 0.480 e. The van der Waals surface area contributed by atoms with Gasteiger partial charge in [-0.15, -0.1) is 0 Å². The second kappa shape index (κ2) is 7.27. The maximum atomic E-state index is 11.8. The van der Waals surface area contributed by atoms with Gasteiger partial charge in [-0.05, 0) is 19.3 Å². The molecule has 0 aromatic heterocycles. The topological polar surface area (TPSA) is 75.6 Å². The van der Waals surface area contributed by atoms with Crippen molar-refractivity contribution in [1.82, 2.24) is 5.32 Å². The molecule has 1 fully saturated rings. The van der Waals surface area contributed by atoms with Gasteiger partial charge in [-0.2, -0.15) is 0 Å². The number of ether oxygens (including phenoxy) is 1. The first-order valence-corrected chi connectivity index (χ1v) is 6.26. The van der Waals surface area contributed by atoms with E-state index in [0.29, 0.717) is 32.5 Å². The van der Waals surface area contributed by atoms with Crippen molar-refractivity contribution >= 4 is 11.9 Å². The van der Waals surface area contributed by atoms with Crippen LogP contribution in [0.25, 0.3) is 0 Å². The SMILES string of the molecule is CCCCC(NC(=O)C1CCOCC1)C(=O)O. The molecule has 98 valence electrons. The molecule has 0 aromatic carbocycles. The molecular formula is C12H21NO4. The van der Waals surface area contributed by atoms with Crippen LogP contribution >= 0.6 is 0 Å². The molecule has 0 aliphatic carbocycles. The lowest BCUT2D eigenvalue weighted by atomic mass is 9.98. The first-order chi connectivity index (χ1) is 8.15. The summed E-state index contributed by atoms with van der Waals surface area (Å²) in [6, 6.07) is -0.745. The quantitative estimate of drug-likeness (QED) is 0.734. The van der Waals surface area contributed by atoms with E-state index in [9.17, 15) is 9.59 Å². The van der Waals surface area contributed by atoms with Gasteiger partial charge in [0, 0.05) is 19.1 Å². The maximum Gasteiger partial charge on any atom is 0.326 e. The number of amides is 1. The van der Waals surface area contributed by atoms with Crippen LogP contribution in [-0.2, 0) is 14.3 Å². The third kappa shape index (κ3) is 4.73. The van der Waals surface area contributed by atoms with E-state index in [2.05, 4.69) is 5.32 Å². The first-order valence-electron chi connectivity index (χ1n) is 6.26. The van der Waals surface area contributed by atoms with Crippen molar-refractivity contribution in [3.8, 4) is 0 Å². The Balaban J connectivity index is 2.42. The average molecular weight is 243 g/mol. The van der Waals surface area contributed by atoms with Gasteiger partial charge in [-0.3, -0.25) is 4.79 Å². The first kappa shape index (κ1) is 14.0. The number of aliphatic carboxylic acids is 1. The monoisotopic (exact) mass is 243 g/mol. The van der Waals surface area contributed by atoms with Crippen LogP contribution in [0.5, 0.6) is 0 Å². The summed E-state index contributed by atoms with van der Waals surface area (Å²) in [4.78, 5) is 22.8. The van der Waals surface area contributed by atoms with Gasteiger partial charge < -0.3 is 15.2 Å². The van der Waals surface area contributed by atoms with E-state index in [-0.39, 0.29) is 11.8 Å². The summed E-state index contributed by atoms with van der Waals surface area (Å²) in [6.07, 6.45) is 3.61. The Bertz CT molecular complexity index is 261. The van der Waals surface area contributed by atoms with Crippen molar-refractivity contribution in [2.45, 2.75) is 45.1 Å². The molecule has 0 aromatic rings. The lowest BCUT2D eigenvalue weighted by molar-refractivity contribution is -0.143. The molecule has 1 rings (SSSR count). The number of unbranched alkanes of at least 4 members (excludes halogenated alkanes) is 1. The number of rotatable bonds is 6. The number of nitrogens with one attached hydrogen (secondary N) is 1. The number of carbonyl (C=O) groups is 2. The van der Waals surface area contributed by atoms with Crippen LogP contribution in [0.3, 0.4) is 0 Å². The molecule has 1 atom stereocenters. The molecular weight excluding hydrogens is 222 g/mol. The van der Waals surface area contributed by atoms with E-state index in [1.165, 1.54) is 0 Å². The Morgan fingerprint density at radius 2 is 2.06 bits per heavy atom. The summed E-state index contributed by atoms with van der Waals surface area (Å²) in [7, 11) is 0. The number of hydrogen-bond acceptors (Lipinski definition) is 3. The van der Waals surface area contributed by atoms with E-state index in [1.807, 2.05) is 6.92 Å². The van der Waals surface area contributed by atoms with Gasteiger partial charge in [0.2, 0.25) is 5.91 Å². The Morgan fingerprint density at radius 3 is 2.59 bits per heavy atom. The fraction of sp³-hybridized carbons (Fsp3) is 0.833. The highest BCUT2D eigenvalue weighted by Gasteiger charge is 2.26. The molecule has 0 saturated carbocycles. The molecule has 1 aliphatic rings. The standard InChI is InChI=1S/C12H21NO4/c1-2-3-4-10(12(15)16)13-11(14)9-5-7-17-8-6-9/h9-10H,2-8H2,1H3,(H,13,14)(H,15,16). The summed E-state index contributed by atoms with van der Waals surface area (Å²) in [5, 5.41) is 11.6. The van der Waals surface area contributed by atoms with Gasteiger partial charge in [0.15, 0.2) is 0 Å². The third-order valence-electron chi connectivity index (χ3n) is 3.05. The highest BCUT2D eigenvalue weighted by atomic mass is 16.5. The van der Waals surface area contributed by atoms with Crippen molar-refractivity contribution in [3.63, 3.8) is 0 Å². The smallest absolute Gasteiger partial charge is 0.326 e. The van der Waals surface area contributed by atoms with Crippen LogP contribution in [0.1, 0.15) is 39.0 Å². The summed E-state index contributed by atoms with van der Waals surface area (Å²) < 4.78 is 5.17. The van der Waals surface area contributed by atoms with E-state index in [0.717, 1.165) is 12.8 Å². The summed E-state index contributed by atoms with van der Waals surface area (Å²) >= 11 is 0. The fourth-order valence-electron chi connectivity index (χ4n) is 1.91. The van der Waals surface area contributed by atoms with Crippen LogP contribution < -0.4 is 5.32 Å². The molecule has 1 unspecified atom stereocenters. The zero-order valence-electron chi connectivity index (χ0n) is 10.3. The van der Waals surface area contributed by atoms with Gasteiger partial charge in [0.05, 0.1) is 0 Å². The lowest BCUT2D eigenvalue weighted by Gasteiger charge is -2.23. The van der Waals surface area contributed by atoms with Crippen LogP contribution in [0.4, 0.5) is 0 Å². The Hall–Kier alpha value is -1.10. The zero-order valence-corrected chi connectivity index (χ0v) is 10.3. The van der Waals surface area contributed by atoms with Crippen LogP contribution in [0.15, 0.2) is 0 Å². The van der Waals surface area contributed by atoms with Gasteiger partial charge in [0.25, 0.3) is 0 Å². The molecule has 5 heteroatoms. The Kier molecular flexibility index (Phi) is 5.97. The number of carbonyl (C=O) groups excluding carboxylic acids is 1. The zero-order chi connectivity index (χ0) is 12.7. The normalized spacial score (nSPS) is 18.6. The minimum atomic E-state index is -0.946. The van der Waals surface area contributed by atoms with Gasteiger partial charge in [-0.25, -0.2) is 4.79 Å². The predicted molar refractivity (Wildman–Crippen MR) is 62.6 cm³/mol. The second-order valence-corrected chi connectivity index (χ2v) is 4.43. The van der Waals surface area contributed by atoms with E-state index >= 15 is 0 Å². The highest BCUT2D eigenvalue weighted by Crippen LogP contribution is 2.15. The molecule has 2 N–H and O–H groups in total. The van der Waals surface area contributed by atoms with E-state index < -0.39 is 12.0 Å². The number of carboxylic acids is 1. The van der Waals surface area contributed by atoms with Crippen molar-refractivity contribution in [3.05, 3.63) is 0 Å². The van der Waals surface area contributed by atoms with Crippen molar-refractivity contribution in [2.75, 3.05) is 13.2 Å².